The number of aryl methyl sites for hydroxylation is 2. The summed E-state index contributed by atoms with van der Waals surface area (Å²) in [4.78, 5) is 30.1. The second-order valence-corrected chi connectivity index (χ2v) is 7.68. The minimum atomic E-state index is -0.319. The summed E-state index contributed by atoms with van der Waals surface area (Å²) in [6.45, 7) is 5.26. The number of primary amides is 1. The van der Waals surface area contributed by atoms with E-state index < -0.39 is 0 Å². The lowest BCUT2D eigenvalue weighted by Crippen LogP contribution is -2.44. The van der Waals surface area contributed by atoms with Crippen LogP contribution in [0.5, 0.6) is 0 Å². The molecule has 3 rings (SSSR count). The highest BCUT2D eigenvalue weighted by atomic mass is 32.2. The van der Waals surface area contributed by atoms with E-state index in [-0.39, 0.29) is 17.7 Å². The van der Waals surface area contributed by atoms with E-state index in [1.807, 2.05) is 10.8 Å². The molecule has 26 heavy (non-hydrogen) atoms. The fourth-order valence-electron chi connectivity index (χ4n) is 3.31. The Kier molecular flexibility index (Phi) is 5.66. The molecule has 6 nitrogen and oxygen atoms in total. The van der Waals surface area contributed by atoms with E-state index in [4.69, 9.17) is 5.73 Å². The molecule has 0 radical (unpaired) electrons. The molecular formula is C19H24N4O2S. The van der Waals surface area contributed by atoms with Gasteiger partial charge in [-0.05, 0) is 38.3 Å². The van der Waals surface area contributed by atoms with Gasteiger partial charge in [0.15, 0.2) is 5.16 Å². The van der Waals surface area contributed by atoms with Gasteiger partial charge in [0.2, 0.25) is 11.8 Å². The molecular weight excluding hydrogens is 348 g/mol. The van der Waals surface area contributed by atoms with E-state index in [1.54, 1.807) is 11.1 Å². The highest BCUT2D eigenvalue weighted by Crippen LogP contribution is 2.24. The van der Waals surface area contributed by atoms with Crippen molar-refractivity contribution in [1.82, 2.24) is 14.5 Å². The average Bonchev–Trinajstić information content (AvgIpc) is 3.08. The number of likely N-dealkylation sites (tertiary alicyclic amines) is 1. The predicted octanol–water partition coefficient (Wildman–Crippen LogP) is 2.31. The molecule has 7 heteroatoms. The van der Waals surface area contributed by atoms with Crippen molar-refractivity contribution in [2.24, 2.45) is 11.7 Å². The highest BCUT2D eigenvalue weighted by molar-refractivity contribution is 7.99. The zero-order valence-electron chi connectivity index (χ0n) is 15.1. The number of nitrogens with zero attached hydrogens (tertiary/aromatic N) is 3. The molecule has 0 spiro atoms. The first-order valence-corrected chi connectivity index (χ1v) is 9.75. The van der Waals surface area contributed by atoms with Gasteiger partial charge in [0, 0.05) is 25.5 Å². The van der Waals surface area contributed by atoms with Crippen molar-refractivity contribution in [1.29, 1.82) is 0 Å². The van der Waals surface area contributed by atoms with Gasteiger partial charge in [-0.3, -0.25) is 14.2 Å². The monoisotopic (exact) mass is 372 g/mol. The maximum absolute atomic E-state index is 12.5. The molecule has 1 aliphatic rings. The fraction of sp³-hybridized carbons (Fsp3) is 0.421. The minimum absolute atomic E-state index is 0.0242. The number of piperidine rings is 1. The SMILES string of the molecule is Cc1ccc(-n2ccnc2SCC(=O)N2CCCC(C(N)=O)C2)c(C)c1. The maximum Gasteiger partial charge on any atom is 0.233 e. The van der Waals surface area contributed by atoms with Gasteiger partial charge < -0.3 is 10.6 Å². The van der Waals surface area contributed by atoms with Gasteiger partial charge in [0.1, 0.15) is 0 Å². The first-order valence-electron chi connectivity index (χ1n) is 8.76. The number of nitrogens with two attached hydrogens (primary N) is 1. The Labute approximate surface area is 157 Å². The molecule has 2 amide bonds. The van der Waals surface area contributed by atoms with E-state index in [0.717, 1.165) is 29.2 Å². The Balaban J connectivity index is 1.66. The molecule has 1 unspecified atom stereocenters. The Hall–Kier alpha value is -2.28. The number of hydrogen-bond donors (Lipinski definition) is 1. The average molecular weight is 372 g/mol. The molecule has 1 aromatic heterocycles. The van der Waals surface area contributed by atoms with E-state index >= 15 is 0 Å². The van der Waals surface area contributed by atoms with E-state index in [0.29, 0.717) is 18.8 Å². The van der Waals surface area contributed by atoms with Crippen LogP contribution in [0.15, 0.2) is 35.7 Å². The molecule has 1 aromatic carbocycles. The fourth-order valence-corrected chi connectivity index (χ4v) is 4.18. The largest absolute Gasteiger partial charge is 0.369 e. The smallest absolute Gasteiger partial charge is 0.233 e. The van der Waals surface area contributed by atoms with Crippen molar-refractivity contribution in [2.75, 3.05) is 18.8 Å². The van der Waals surface area contributed by atoms with E-state index in [9.17, 15) is 9.59 Å². The van der Waals surface area contributed by atoms with Crippen LogP contribution in [-0.4, -0.2) is 45.1 Å². The molecule has 138 valence electrons. The van der Waals surface area contributed by atoms with Crippen LogP contribution in [0.3, 0.4) is 0 Å². The number of hydrogen-bond acceptors (Lipinski definition) is 4. The molecule has 1 saturated heterocycles. The summed E-state index contributed by atoms with van der Waals surface area (Å²) in [6, 6.07) is 6.27. The standard InChI is InChI=1S/C19H24N4O2S/c1-13-5-6-16(14(2)10-13)23-9-7-21-19(23)26-12-17(24)22-8-3-4-15(11-22)18(20)25/h5-7,9-10,15H,3-4,8,11-12H2,1-2H3,(H2,20,25). The second-order valence-electron chi connectivity index (χ2n) is 6.74. The third kappa shape index (κ3) is 4.09. The number of carbonyl (C=O) groups is 2. The Morgan fingerprint density at radius 3 is 2.88 bits per heavy atom. The number of benzene rings is 1. The Morgan fingerprint density at radius 2 is 2.15 bits per heavy atom. The molecule has 2 aromatic rings. The van der Waals surface area contributed by atoms with Crippen LogP contribution in [-0.2, 0) is 9.59 Å². The number of carbonyl (C=O) groups excluding carboxylic acids is 2. The third-order valence-corrected chi connectivity index (χ3v) is 5.67. The summed E-state index contributed by atoms with van der Waals surface area (Å²) in [6.07, 6.45) is 5.25. The lowest BCUT2D eigenvalue weighted by Gasteiger charge is -2.31. The van der Waals surface area contributed by atoms with Crippen molar-refractivity contribution in [3.8, 4) is 5.69 Å². The van der Waals surface area contributed by atoms with Gasteiger partial charge in [0.05, 0.1) is 17.4 Å². The second kappa shape index (κ2) is 7.95. The third-order valence-electron chi connectivity index (χ3n) is 4.72. The molecule has 1 fully saturated rings. The van der Waals surface area contributed by atoms with Gasteiger partial charge in [-0.15, -0.1) is 0 Å². The number of amides is 2. The summed E-state index contributed by atoms with van der Waals surface area (Å²) in [7, 11) is 0. The van der Waals surface area contributed by atoms with Crippen molar-refractivity contribution in [3.63, 3.8) is 0 Å². The van der Waals surface area contributed by atoms with Crippen LogP contribution >= 0.6 is 11.8 Å². The summed E-state index contributed by atoms with van der Waals surface area (Å²) in [5, 5.41) is 0.786. The van der Waals surface area contributed by atoms with E-state index in [1.165, 1.54) is 17.3 Å². The summed E-state index contributed by atoms with van der Waals surface area (Å²) in [5.41, 5.74) is 8.84. The van der Waals surface area contributed by atoms with Crippen LogP contribution in [0.25, 0.3) is 5.69 Å². The van der Waals surface area contributed by atoms with Gasteiger partial charge in [-0.25, -0.2) is 4.98 Å². The highest BCUT2D eigenvalue weighted by Gasteiger charge is 2.27. The predicted molar refractivity (Wildman–Crippen MR) is 102 cm³/mol. The quantitative estimate of drug-likeness (QED) is 0.817. The van der Waals surface area contributed by atoms with Crippen LogP contribution in [0.1, 0.15) is 24.0 Å². The van der Waals surface area contributed by atoms with E-state index in [2.05, 4.69) is 37.0 Å². The minimum Gasteiger partial charge on any atom is -0.369 e. The molecule has 2 heterocycles. The molecule has 1 aliphatic heterocycles. The zero-order chi connectivity index (χ0) is 18.7. The molecule has 2 N–H and O–H groups in total. The molecule has 0 aliphatic carbocycles. The lowest BCUT2D eigenvalue weighted by molar-refractivity contribution is -0.132. The van der Waals surface area contributed by atoms with Gasteiger partial charge in [-0.1, -0.05) is 29.5 Å². The maximum atomic E-state index is 12.5. The summed E-state index contributed by atoms with van der Waals surface area (Å²) >= 11 is 1.42. The topological polar surface area (TPSA) is 81.2 Å². The van der Waals surface area contributed by atoms with Crippen LogP contribution < -0.4 is 5.73 Å². The zero-order valence-corrected chi connectivity index (χ0v) is 16.0. The lowest BCUT2D eigenvalue weighted by atomic mass is 9.97. The normalized spacial score (nSPS) is 17.3. The van der Waals surface area contributed by atoms with Crippen molar-refractivity contribution in [2.45, 2.75) is 31.8 Å². The number of aromatic nitrogens is 2. The summed E-state index contributed by atoms with van der Waals surface area (Å²) in [5.74, 6) is -0.223. The Morgan fingerprint density at radius 1 is 1.35 bits per heavy atom. The van der Waals surface area contributed by atoms with Crippen molar-refractivity contribution < 1.29 is 9.59 Å². The Bertz CT molecular complexity index is 818. The van der Waals surface area contributed by atoms with Gasteiger partial charge >= 0.3 is 0 Å². The number of thioether (sulfide) groups is 1. The van der Waals surface area contributed by atoms with Crippen LogP contribution in [0.4, 0.5) is 0 Å². The van der Waals surface area contributed by atoms with Crippen molar-refractivity contribution in [3.05, 3.63) is 41.7 Å². The molecule has 0 saturated carbocycles. The first kappa shape index (κ1) is 18.5. The number of rotatable bonds is 5. The number of imidazole rings is 1. The van der Waals surface area contributed by atoms with Crippen LogP contribution in [0.2, 0.25) is 0 Å². The summed E-state index contributed by atoms with van der Waals surface area (Å²) < 4.78 is 2.01. The van der Waals surface area contributed by atoms with Crippen LogP contribution in [0, 0.1) is 19.8 Å². The van der Waals surface area contributed by atoms with Gasteiger partial charge in [-0.2, -0.15) is 0 Å². The first-order chi connectivity index (χ1) is 12.5. The van der Waals surface area contributed by atoms with Crippen molar-refractivity contribution >= 4 is 23.6 Å². The molecule has 1 atom stereocenters. The van der Waals surface area contributed by atoms with Gasteiger partial charge in [0.25, 0.3) is 0 Å². The molecule has 0 bridgehead atoms.